The fourth-order valence-electron chi connectivity index (χ4n) is 5.48. The molecule has 0 saturated carbocycles. The molecule has 0 spiro atoms. The number of sulfonamides is 1. The van der Waals surface area contributed by atoms with E-state index in [-0.39, 0.29) is 34.5 Å². The predicted molar refractivity (Wildman–Crippen MR) is 194 cm³/mol. The van der Waals surface area contributed by atoms with Gasteiger partial charge in [-0.3, -0.25) is 13.9 Å². The van der Waals surface area contributed by atoms with E-state index >= 15 is 0 Å². The average molecular weight is 727 g/mol. The van der Waals surface area contributed by atoms with Crippen LogP contribution < -0.4 is 19.1 Å². The van der Waals surface area contributed by atoms with Gasteiger partial charge in [-0.25, -0.2) is 8.42 Å². The van der Waals surface area contributed by atoms with Crippen molar-refractivity contribution in [1.82, 2.24) is 10.2 Å². The van der Waals surface area contributed by atoms with E-state index < -0.39 is 28.5 Å². The molecule has 0 fully saturated rings. The van der Waals surface area contributed by atoms with Crippen LogP contribution in [0.15, 0.2) is 89.8 Å². The number of ether oxygens (including phenoxy) is 2. The molecule has 4 aromatic rings. The molecule has 0 aliphatic carbocycles. The lowest BCUT2D eigenvalue weighted by molar-refractivity contribution is -0.140. The number of benzene rings is 4. The summed E-state index contributed by atoms with van der Waals surface area (Å²) < 4.78 is 40.8. The highest BCUT2D eigenvalue weighted by atomic mass is 35.5. The molecule has 4 rings (SSSR count). The van der Waals surface area contributed by atoms with Gasteiger partial charge in [0.25, 0.3) is 10.0 Å². The smallest absolute Gasteiger partial charge is 0.264 e. The zero-order chi connectivity index (χ0) is 35.7. The molecule has 0 bridgehead atoms. The highest BCUT2D eigenvalue weighted by Crippen LogP contribution is 2.33. The summed E-state index contributed by atoms with van der Waals surface area (Å²) in [6, 6.07) is 22.9. The number of nitrogens with zero attached hydrogens (tertiary/aromatic N) is 2. The van der Waals surface area contributed by atoms with Gasteiger partial charge in [-0.15, -0.1) is 0 Å². The summed E-state index contributed by atoms with van der Waals surface area (Å²) in [5.41, 5.74) is 3.36. The molecule has 0 aliphatic rings. The highest BCUT2D eigenvalue weighted by molar-refractivity contribution is 7.92. The van der Waals surface area contributed by atoms with Gasteiger partial charge in [0.2, 0.25) is 11.8 Å². The van der Waals surface area contributed by atoms with Crippen LogP contribution in [0.2, 0.25) is 10.0 Å². The second kappa shape index (κ2) is 16.9. The van der Waals surface area contributed by atoms with Crippen LogP contribution in [0.3, 0.4) is 0 Å². The van der Waals surface area contributed by atoms with Crippen LogP contribution in [0.1, 0.15) is 35.6 Å². The van der Waals surface area contributed by atoms with Crippen molar-refractivity contribution in [1.29, 1.82) is 0 Å². The minimum atomic E-state index is -4.37. The van der Waals surface area contributed by atoms with Gasteiger partial charge in [-0.1, -0.05) is 72.6 Å². The minimum Gasteiger partial charge on any atom is -0.493 e. The third-order valence-electron chi connectivity index (χ3n) is 7.87. The maximum atomic E-state index is 14.7. The van der Waals surface area contributed by atoms with E-state index in [1.165, 1.54) is 37.3 Å². The van der Waals surface area contributed by atoms with E-state index in [1.54, 1.807) is 30.3 Å². The number of rotatable bonds is 15. The monoisotopic (exact) mass is 725 g/mol. The Hall–Kier alpha value is -4.25. The molecule has 0 unspecified atom stereocenters. The van der Waals surface area contributed by atoms with Gasteiger partial charge in [-0.2, -0.15) is 0 Å². The van der Waals surface area contributed by atoms with Crippen molar-refractivity contribution in [3.8, 4) is 11.5 Å². The average Bonchev–Trinajstić information content (AvgIpc) is 3.08. The second-order valence-electron chi connectivity index (χ2n) is 11.6. The number of halogens is 2. The Kier molecular flexibility index (Phi) is 13.0. The SMILES string of the molecule is CCCNC(=O)[C@@H](Cc1ccccc1)N(Cc1ccc(Cl)c(Cl)c1)C(=O)CN(c1cc(C)cc(C)c1)S(=O)(=O)c1ccc(OC)c(OC)c1. The molecule has 0 radical (unpaired) electrons. The number of hydrogen-bond acceptors (Lipinski definition) is 6. The number of carbonyl (C=O) groups excluding carboxylic acids is 2. The van der Waals surface area contributed by atoms with Gasteiger partial charge >= 0.3 is 0 Å². The van der Waals surface area contributed by atoms with Crippen LogP contribution in [0, 0.1) is 13.8 Å². The van der Waals surface area contributed by atoms with Crippen molar-refractivity contribution in [2.45, 2.75) is 51.1 Å². The number of anilines is 1. The molecule has 0 heterocycles. The van der Waals surface area contributed by atoms with Gasteiger partial charge in [0, 0.05) is 25.6 Å². The molecule has 0 aromatic heterocycles. The molecule has 1 N–H and O–H groups in total. The topological polar surface area (TPSA) is 105 Å². The summed E-state index contributed by atoms with van der Waals surface area (Å²) in [5.74, 6) is -0.390. The lowest BCUT2D eigenvalue weighted by Crippen LogP contribution is -2.53. The van der Waals surface area contributed by atoms with Gasteiger partial charge in [0.1, 0.15) is 12.6 Å². The fourth-order valence-corrected chi connectivity index (χ4v) is 7.22. The standard InChI is InChI=1S/C37H41Cl2N3O6S/c1-6-16-40-37(44)33(21-27-10-8-7-9-11-27)41(23-28-12-14-31(38)32(39)20-28)36(43)24-42(29-18-25(2)17-26(3)19-29)49(45,46)30-13-15-34(47-4)35(22-30)48-5/h7-15,17-20,22,33H,6,16,21,23-24H2,1-5H3,(H,40,44)/t33-/m1/s1. The number of nitrogens with one attached hydrogen (secondary N) is 1. The zero-order valence-corrected chi connectivity index (χ0v) is 30.5. The molecule has 0 aliphatic heterocycles. The Morgan fingerprint density at radius 1 is 0.816 bits per heavy atom. The van der Waals surface area contributed by atoms with Crippen LogP contribution in [0.4, 0.5) is 5.69 Å². The number of hydrogen-bond donors (Lipinski definition) is 1. The van der Waals surface area contributed by atoms with E-state index in [9.17, 15) is 18.0 Å². The lowest BCUT2D eigenvalue weighted by atomic mass is 10.0. The van der Waals surface area contributed by atoms with Crippen molar-refractivity contribution in [3.63, 3.8) is 0 Å². The third kappa shape index (κ3) is 9.47. The highest BCUT2D eigenvalue weighted by Gasteiger charge is 2.35. The van der Waals surface area contributed by atoms with E-state index in [0.29, 0.717) is 35.0 Å². The van der Waals surface area contributed by atoms with Crippen LogP contribution in [0.5, 0.6) is 11.5 Å². The predicted octanol–water partition coefficient (Wildman–Crippen LogP) is 6.99. The van der Waals surface area contributed by atoms with E-state index in [2.05, 4.69) is 5.32 Å². The van der Waals surface area contributed by atoms with Crippen molar-refractivity contribution >= 4 is 50.7 Å². The number of carbonyl (C=O) groups is 2. The molecule has 4 aromatic carbocycles. The molecule has 1 atom stereocenters. The third-order valence-corrected chi connectivity index (χ3v) is 10.4. The Balaban J connectivity index is 1.86. The van der Waals surface area contributed by atoms with Crippen molar-refractivity contribution in [2.75, 3.05) is 31.6 Å². The lowest BCUT2D eigenvalue weighted by Gasteiger charge is -2.34. The normalized spacial score (nSPS) is 11.8. The minimum absolute atomic E-state index is 0.0378. The van der Waals surface area contributed by atoms with Crippen LogP contribution in [-0.4, -0.2) is 58.5 Å². The molecular formula is C37H41Cl2N3O6S. The van der Waals surface area contributed by atoms with Crippen LogP contribution >= 0.6 is 23.2 Å². The van der Waals surface area contributed by atoms with Gasteiger partial charge in [0.15, 0.2) is 11.5 Å². The number of aryl methyl sites for hydroxylation is 2. The van der Waals surface area contributed by atoms with Crippen LogP contribution in [-0.2, 0) is 32.6 Å². The summed E-state index contributed by atoms with van der Waals surface area (Å²) in [6.45, 7) is 5.40. The van der Waals surface area contributed by atoms with E-state index in [1.807, 2.05) is 57.2 Å². The first-order valence-corrected chi connectivity index (χ1v) is 18.0. The quantitative estimate of drug-likeness (QED) is 0.142. The molecule has 0 saturated heterocycles. The Bertz CT molecular complexity index is 1870. The van der Waals surface area contributed by atoms with E-state index in [0.717, 1.165) is 21.0 Å². The second-order valence-corrected chi connectivity index (χ2v) is 14.3. The summed E-state index contributed by atoms with van der Waals surface area (Å²) in [5, 5.41) is 3.56. The molecule has 2 amide bonds. The summed E-state index contributed by atoms with van der Waals surface area (Å²) >= 11 is 12.6. The first kappa shape index (κ1) is 37.6. The Morgan fingerprint density at radius 2 is 1.49 bits per heavy atom. The largest absolute Gasteiger partial charge is 0.493 e. The van der Waals surface area contributed by atoms with Crippen molar-refractivity contribution in [2.24, 2.45) is 0 Å². The first-order chi connectivity index (χ1) is 23.4. The van der Waals surface area contributed by atoms with Gasteiger partial charge in [0.05, 0.1) is 34.8 Å². The maximum absolute atomic E-state index is 14.7. The van der Waals surface area contributed by atoms with Crippen LogP contribution in [0.25, 0.3) is 0 Å². The maximum Gasteiger partial charge on any atom is 0.264 e. The number of methoxy groups -OCH3 is 2. The first-order valence-electron chi connectivity index (χ1n) is 15.8. The van der Waals surface area contributed by atoms with Crippen molar-refractivity contribution in [3.05, 3.63) is 117 Å². The van der Waals surface area contributed by atoms with Crippen molar-refractivity contribution < 1.29 is 27.5 Å². The molecule has 260 valence electrons. The van der Waals surface area contributed by atoms with Gasteiger partial charge in [-0.05, 0) is 78.9 Å². The summed E-state index contributed by atoms with van der Waals surface area (Å²) in [4.78, 5) is 29.9. The van der Waals surface area contributed by atoms with Gasteiger partial charge < -0.3 is 19.7 Å². The zero-order valence-electron chi connectivity index (χ0n) is 28.2. The fraction of sp³-hybridized carbons (Fsp3) is 0.297. The molecular weight excluding hydrogens is 685 g/mol. The summed E-state index contributed by atoms with van der Waals surface area (Å²) in [6.07, 6.45) is 0.879. The Morgan fingerprint density at radius 3 is 2.10 bits per heavy atom. The molecule has 9 nitrogen and oxygen atoms in total. The molecule has 12 heteroatoms. The molecule has 49 heavy (non-hydrogen) atoms. The van der Waals surface area contributed by atoms with E-state index in [4.69, 9.17) is 32.7 Å². The summed E-state index contributed by atoms with van der Waals surface area (Å²) in [7, 11) is -1.50. The number of amides is 2. The Labute approximate surface area is 298 Å².